The Morgan fingerprint density at radius 2 is 1.91 bits per heavy atom. The molecule has 1 heterocycles. The Kier molecular flexibility index (Phi) is 5.03. The minimum atomic E-state index is 0.0823. The Balaban J connectivity index is 2.03. The van der Waals surface area contributed by atoms with Crippen LogP contribution in [0.5, 0.6) is 0 Å². The van der Waals surface area contributed by atoms with E-state index in [1.165, 1.54) is 38.5 Å². The predicted molar refractivity (Wildman–Crippen MR) is 57.5 cm³/mol. The van der Waals surface area contributed by atoms with Crippen LogP contribution >= 0.6 is 7.55 Å². The van der Waals surface area contributed by atoms with E-state index in [1.54, 1.807) is 12.3 Å². The molecule has 0 aromatic heterocycles. The fraction of sp³-hybridized carbons (Fsp3) is 0.900. The molecule has 0 unspecified atom stereocenters. The summed E-state index contributed by atoms with van der Waals surface area (Å²) >= 11 is 0. The van der Waals surface area contributed by atoms with E-state index in [0.29, 0.717) is 0 Å². The lowest BCUT2D eigenvalue weighted by molar-refractivity contribution is 0.748. The second kappa shape index (κ2) is 5.89. The minimum Gasteiger partial charge on any atom is -0.122 e. The van der Waals surface area contributed by atoms with E-state index in [4.69, 9.17) is 0 Å². The summed E-state index contributed by atoms with van der Waals surface area (Å²) in [5.74, 6) is 2.67. The van der Waals surface area contributed by atoms with Crippen LogP contribution in [0.25, 0.3) is 0 Å². The van der Waals surface area contributed by atoms with E-state index in [1.807, 2.05) is 0 Å². The van der Waals surface area contributed by atoms with Crippen LogP contribution in [0.2, 0.25) is 0 Å². The molecule has 0 bridgehead atoms. The molecule has 0 nitrogen and oxygen atoms in total. The maximum atomic E-state index is 2.67. The minimum absolute atomic E-state index is 0.0823. The molecular formula is C10H21P. The molecule has 0 aromatic carbocycles. The van der Waals surface area contributed by atoms with Gasteiger partial charge in [-0.25, -0.2) is 0 Å². The first-order valence-electron chi connectivity index (χ1n) is 5.11. The van der Waals surface area contributed by atoms with Gasteiger partial charge in [-0.2, -0.15) is 0 Å². The van der Waals surface area contributed by atoms with E-state index in [9.17, 15) is 0 Å². The average molecular weight is 172 g/mol. The fourth-order valence-electron chi connectivity index (χ4n) is 1.73. The van der Waals surface area contributed by atoms with E-state index in [2.05, 4.69) is 12.7 Å². The molecule has 0 aromatic rings. The molecule has 66 valence electrons. The van der Waals surface area contributed by atoms with Gasteiger partial charge in [-0.15, -0.1) is 7.55 Å². The zero-order valence-electron chi connectivity index (χ0n) is 7.73. The van der Waals surface area contributed by atoms with Crippen LogP contribution in [0.4, 0.5) is 0 Å². The summed E-state index contributed by atoms with van der Waals surface area (Å²) in [6, 6.07) is 0. The van der Waals surface area contributed by atoms with Crippen molar-refractivity contribution in [2.75, 3.05) is 12.3 Å². The van der Waals surface area contributed by atoms with Gasteiger partial charge in [-0.1, -0.05) is 25.6 Å². The van der Waals surface area contributed by atoms with Crippen molar-refractivity contribution in [1.82, 2.24) is 0 Å². The molecule has 0 amide bonds. The highest BCUT2D eigenvalue weighted by molar-refractivity contribution is 7.57. The Bertz CT molecular complexity index is 119. The van der Waals surface area contributed by atoms with Crippen molar-refractivity contribution in [3.05, 3.63) is 0 Å². The van der Waals surface area contributed by atoms with Crippen LogP contribution in [0.3, 0.4) is 0 Å². The second-order valence-corrected chi connectivity index (χ2v) is 6.29. The van der Waals surface area contributed by atoms with Crippen LogP contribution in [-0.4, -0.2) is 18.1 Å². The predicted octanol–water partition coefficient (Wildman–Crippen LogP) is 3.38. The van der Waals surface area contributed by atoms with Crippen molar-refractivity contribution in [3.63, 3.8) is 0 Å². The molecule has 1 saturated heterocycles. The lowest BCUT2D eigenvalue weighted by atomic mass is 10.2. The highest BCUT2D eigenvalue weighted by Gasteiger charge is 2.03. The molecule has 0 radical (unpaired) electrons. The Labute approximate surface area is 71.8 Å². The molecule has 11 heavy (non-hydrogen) atoms. The lowest BCUT2D eigenvalue weighted by Gasteiger charge is -1.96. The van der Waals surface area contributed by atoms with Crippen molar-refractivity contribution in [3.8, 4) is 0 Å². The molecule has 1 aliphatic rings. The van der Waals surface area contributed by atoms with Gasteiger partial charge >= 0.3 is 0 Å². The van der Waals surface area contributed by atoms with Crippen LogP contribution in [0.15, 0.2) is 0 Å². The number of unbranched alkanes of at least 4 members (excludes halogenated alkanes) is 3. The molecule has 1 rings (SSSR count). The van der Waals surface area contributed by atoms with Gasteiger partial charge in [0.05, 0.1) is 0 Å². The van der Waals surface area contributed by atoms with Gasteiger partial charge in [0, 0.05) is 0 Å². The van der Waals surface area contributed by atoms with Crippen LogP contribution in [0.1, 0.15) is 45.4 Å². The maximum Gasteiger partial charge on any atom is -0.0348 e. The summed E-state index contributed by atoms with van der Waals surface area (Å²) < 4.78 is 0. The third-order valence-corrected chi connectivity index (χ3v) is 5.34. The van der Waals surface area contributed by atoms with E-state index in [0.717, 1.165) is 0 Å². The van der Waals surface area contributed by atoms with E-state index in [-0.39, 0.29) is 7.55 Å². The molecular weight excluding hydrogens is 151 g/mol. The summed E-state index contributed by atoms with van der Waals surface area (Å²) in [5.41, 5.74) is 0. The quantitative estimate of drug-likeness (QED) is 0.450. The summed E-state index contributed by atoms with van der Waals surface area (Å²) in [6.45, 7) is 2.28. The first-order chi connectivity index (χ1) is 5.43. The first-order valence-corrected chi connectivity index (χ1v) is 7.10. The normalized spacial score (nSPS) is 19.0. The molecule has 0 aliphatic carbocycles. The fourth-order valence-corrected chi connectivity index (χ4v) is 4.41. The third-order valence-electron chi connectivity index (χ3n) is 2.49. The zero-order valence-corrected chi connectivity index (χ0v) is 8.73. The third kappa shape index (κ3) is 4.01. The summed E-state index contributed by atoms with van der Waals surface area (Å²) in [6.07, 6.45) is 11.9. The summed E-state index contributed by atoms with van der Waals surface area (Å²) in [5, 5.41) is 0. The Hall–Kier alpha value is 0.300. The van der Waals surface area contributed by atoms with Crippen LogP contribution in [-0.2, 0) is 0 Å². The average Bonchev–Trinajstić information content (AvgIpc) is 2.50. The van der Waals surface area contributed by atoms with Gasteiger partial charge in [0.25, 0.3) is 0 Å². The summed E-state index contributed by atoms with van der Waals surface area (Å²) in [4.78, 5) is 0. The van der Waals surface area contributed by atoms with Crippen LogP contribution < -0.4 is 0 Å². The van der Waals surface area contributed by atoms with Crippen molar-refractivity contribution < 1.29 is 0 Å². The molecule has 0 atom stereocenters. The largest absolute Gasteiger partial charge is 0.122 e. The highest BCUT2D eigenvalue weighted by atomic mass is 31.1. The van der Waals surface area contributed by atoms with Gasteiger partial charge in [0.15, 0.2) is 0 Å². The first kappa shape index (κ1) is 9.39. The van der Waals surface area contributed by atoms with Gasteiger partial charge in [-0.3, -0.25) is 0 Å². The number of hydrogen-bond acceptors (Lipinski definition) is 0. The van der Waals surface area contributed by atoms with Gasteiger partial charge in [0.2, 0.25) is 0 Å². The molecule has 1 heteroatoms. The van der Waals surface area contributed by atoms with Crippen molar-refractivity contribution in [1.29, 1.82) is 0 Å². The van der Waals surface area contributed by atoms with Gasteiger partial charge in [0.1, 0.15) is 0 Å². The smallest absolute Gasteiger partial charge is 0.0348 e. The van der Waals surface area contributed by atoms with Crippen molar-refractivity contribution >= 4 is 13.3 Å². The SMILES string of the molecule is CCCCCC=[PH]1CCCC1. The van der Waals surface area contributed by atoms with Gasteiger partial charge in [-0.05, 0) is 38.0 Å². The lowest BCUT2D eigenvalue weighted by Crippen LogP contribution is -1.77. The van der Waals surface area contributed by atoms with Crippen molar-refractivity contribution in [2.24, 2.45) is 0 Å². The molecule has 1 aliphatic heterocycles. The Morgan fingerprint density at radius 1 is 1.18 bits per heavy atom. The number of rotatable bonds is 4. The topological polar surface area (TPSA) is 0 Å². The second-order valence-electron chi connectivity index (χ2n) is 3.57. The Morgan fingerprint density at radius 3 is 2.55 bits per heavy atom. The maximum absolute atomic E-state index is 2.67. The standard InChI is InChI=1S/C10H21P/c1-2-3-4-5-8-11-9-6-7-10-11/h8,11H,2-7,9-10H2,1H3. The van der Waals surface area contributed by atoms with E-state index < -0.39 is 0 Å². The van der Waals surface area contributed by atoms with Crippen LogP contribution in [0, 0.1) is 0 Å². The van der Waals surface area contributed by atoms with Crippen molar-refractivity contribution in [2.45, 2.75) is 45.4 Å². The van der Waals surface area contributed by atoms with Gasteiger partial charge < -0.3 is 0 Å². The monoisotopic (exact) mass is 172 g/mol. The molecule has 0 spiro atoms. The highest BCUT2D eigenvalue weighted by Crippen LogP contribution is 2.32. The molecule has 0 saturated carbocycles. The summed E-state index contributed by atoms with van der Waals surface area (Å²) in [7, 11) is 0.0823. The van der Waals surface area contributed by atoms with E-state index >= 15 is 0 Å². The molecule has 1 fully saturated rings. The zero-order chi connectivity index (χ0) is 7.94. The molecule has 0 N–H and O–H groups in total. The number of hydrogen-bond donors (Lipinski definition) is 0.